The highest BCUT2D eigenvalue weighted by Crippen LogP contribution is 2.47. The van der Waals surface area contributed by atoms with Crippen LogP contribution >= 0.6 is 0 Å². The van der Waals surface area contributed by atoms with Gasteiger partial charge in [0.15, 0.2) is 0 Å². The molecular weight excluding hydrogens is 276 g/mol. The van der Waals surface area contributed by atoms with E-state index in [0.717, 1.165) is 12.0 Å². The molecule has 0 radical (unpaired) electrons. The van der Waals surface area contributed by atoms with E-state index in [1.807, 2.05) is 25.1 Å². The van der Waals surface area contributed by atoms with E-state index in [1.54, 1.807) is 24.3 Å². The second-order valence-electron chi connectivity index (χ2n) is 5.58. The van der Waals surface area contributed by atoms with Gasteiger partial charge in [0.05, 0.1) is 5.71 Å². The minimum absolute atomic E-state index is 0.0127. The van der Waals surface area contributed by atoms with Gasteiger partial charge < -0.3 is 5.11 Å². The molecule has 2 atom stereocenters. The van der Waals surface area contributed by atoms with Crippen molar-refractivity contribution in [3.63, 3.8) is 0 Å². The summed E-state index contributed by atoms with van der Waals surface area (Å²) >= 11 is 0. The number of hydrogen-bond donors (Lipinski definition) is 2. The predicted molar refractivity (Wildman–Crippen MR) is 85.8 cm³/mol. The highest BCUT2D eigenvalue weighted by Gasteiger charge is 2.43. The lowest BCUT2D eigenvalue weighted by Gasteiger charge is -2.03. The normalized spacial score (nSPS) is 20.5. The van der Waals surface area contributed by atoms with Gasteiger partial charge in [-0.1, -0.05) is 30.3 Å². The fraction of sp³-hybridized carbons (Fsp3) is 0.222. The van der Waals surface area contributed by atoms with Crippen molar-refractivity contribution < 1.29 is 9.90 Å². The minimum Gasteiger partial charge on any atom is -0.508 e. The summed E-state index contributed by atoms with van der Waals surface area (Å²) in [5.41, 5.74) is 5.44. The monoisotopic (exact) mass is 294 g/mol. The Morgan fingerprint density at radius 2 is 1.82 bits per heavy atom. The Bertz CT molecular complexity index is 693. The van der Waals surface area contributed by atoms with Crippen molar-refractivity contribution in [1.82, 2.24) is 5.43 Å². The number of hydrogen-bond acceptors (Lipinski definition) is 3. The van der Waals surface area contributed by atoms with Crippen LogP contribution in [-0.4, -0.2) is 16.7 Å². The van der Waals surface area contributed by atoms with Crippen molar-refractivity contribution in [2.45, 2.75) is 19.3 Å². The number of carbonyl (C=O) groups is 1. The smallest absolute Gasteiger partial charge is 0.243 e. The Morgan fingerprint density at radius 1 is 1.14 bits per heavy atom. The largest absolute Gasteiger partial charge is 0.508 e. The molecule has 1 fully saturated rings. The molecule has 0 heterocycles. The van der Waals surface area contributed by atoms with Gasteiger partial charge in [-0.3, -0.25) is 4.79 Å². The Kier molecular flexibility index (Phi) is 3.92. The van der Waals surface area contributed by atoms with Crippen molar-refractivity contribution in [2.24, 2.45) is 11.0 Å². The third kappa shape index (κ3) is 3.17. The number of phenols is 1. The quantitative estimate of drug-likeness (QED) is 0.672. The Balaban J connectivity index is 1.59. The minimum atomic E-state index is -0.0352. The van der Waals surface area contributed by atoms with Crippen molar-refractivity contribution in [1.29, 1.82) is 0 Å². The summed E-state index contributed by atoms with van der Waals surface area (Å²) in [6.07, 6.45) is 0.879. The molecule has 1 amide bonds. The van der Waals surface area contributed by atoms with Gasteiger partial charge in [0, 0.05) is 5.92 Å². The SMILES string of the molecule is C/C(=N\NC(=O)[C@H]1C[C@H]1c1ccccc1)c1ccc(O)cc1. The summed E-state index contributed by atoms with van der Waals surface area (Å²) in [7, 11) is 0. The number of nitrogens with zero attached hydrogens (tertiary/aromatic N) is 1. The van der Waals surface area contributed by atoms with Crippen LogP contribution in [0.1, 0.15) is 30.4 Å². The lowest BCUT2D eigenvalue weighted by atomic mass is 10.1. The molecule has 2 N–H and O–H groups in total. The van der Waals surface area contributed by atoms with Gasteiger partial charge in [-0.25, -0.2) is 5.43 Å². The zero-order valence-corrected chi connectivity index (χ0v) is 12.4. The van der Waals surface area contributed by atoms with Crippen LogP contribution in [0.15, 0.2) is 59.7 Å². The maximum Gasteiger partial charge on any atom is 0.243 e. The van der Waals surface area contributed by atoms with Crippen molar-refractivity contribution >= 4 is 11.6 Å². The van der Waals surface area contributed by atoms with Gasteiger partial charge in [0.2, 0.25) is 5.91 Å². The van der Waals surface area contributed by atoms with Crippen LogP contribution < -0.4 is 5.43 Å². The van der Waals surface area contributed by atoms with Gasteiger partial charge in [-0.2, -0.15) is 5.10 Å². The van der Waals surface area contributed by atoms with Crippen molar-refractivity contribution in [3.8, 4) is 5.75 Å². The first kappa shape index (κ1) is 14.3. The highest BCUT2D eigenvalue weighted by atomic mass is 16.3. The van der Waals surface area contributed by atoms with E-state index in [4.69, 9.17) is 0 Å². The molecule has 2 aromatic rings. The molecule has 0 spiro atoms. The first-order chi connectivity index (χ1) is 10.6. The molecule has 1 saturated carbocycles. The van der Waals surface area contributed by atoms with E-state index in [2.05, 4.69) is 22.7 Å². The van der Waals surface area contributed by atoms with Crippen LogP contribution in [0.3, 0.4) is 0 Å². The number of carbonyl (C=O) groups excluding carboxylic acids is 1. The highest BCUT2D eigenvalue weighted by molar-refractivity contribution is 5.99. The van der Waals surface area contributed by atoms with E-state index in [-0.39, 0.29) is 17.6 Å². The third-order valence-electron chi connectivity index (χ3n) is 3.97. The maximum atomic E-state index is 12.1. The molecule has 3 rings (SSSR count). The first-order valence-corrected chi connectivity index (χ1v) is 7.33. The lowest BCUT2D eigenvalue weighted by molar-refractivity contribution is -0.122. The van der Waals surface area contributed by atoms with Crippen molar-refractivity contribution in [3.05, 3.63) is 65.7 Å². The van der Waals surface area contributed by atoms with Crippen LogP contribution in [0, 0.1) is 5.92 Å². The number of aromatic hydroxyl groups is 1. The predicted octanol–water partition coefficient (Wildman–Crippen LogP) is 3.04. The molecule has 2 aromatic carbocycles. The molecule has 4 heteroatoms. The van der Waals surface area contributed by atoms with Crippen LogP contribution in [-0.2, 0) is 4.79 Å². The number of nitrogens with one attached hydrogen (secondary N) is 1. The number of hydrazone groups is 1. The van der Waals surface area contributed by atoms with Crippen LogP contribution in [0.25, 0.3) is 0 Å². The summed E-state index contributed by atoms with van der Waals surface area (Å²) in [6.45, 7) is 1.83. The van der Waals surface area contributed by atoms with Crippen LogP contribution in [0.2, 0.25) is 0 Å². The molecule has 0 saturated heterocycles. The molecule has 0 aliphatic heterocycles. The van der Waals surface area contributed by atoms with E-state index in [0.29, 0.717) is 11.6 Å². The number of rotatable bonds is 4. The van der Waals surface area contributed by atoms with Gasteiger partial charge >= 0.3 is 0 Å². The van der Waals surface area contributed by atoms with Crippen molar-refractivity contribution in [2.75, 3.05) is 0 Å². The lowest BCUT2D eigenvalue weighted by Crippen LogP contribution is -2.21. The molecule has 0 unspecified atom stereocenters. The molecule has 1 aliphatic rings. The Hall–Kier alpha value is -2.62. The molecule has 0 aromatic heterocycles. The molecule has 1 aliphatic carbocycles. The van der Waals surface area contributed by atoms with E-state index in [9.17, 15) is 9.90 Å². The molecule has 0 bridgehead atoms. The van der Waals surface area contributed by atoms with Crippen LogP contribution in [0.5, 0.6) is 5.75 Å². The Morgan fingerprint density at radius 3 is 2.50 bits per heavy atom. The van der Waals surface area contributed by atoms with E-state index in [1.165, 1.54) is 5.56 Å². The summed E-state index contributed by atoms with van der Waals surface area (Å²) in [5, 5.41) is 13.4. The summed E-state index contributed by atoms with van der Waals surface area (Å²) in [4.78, 5) is 12.1. The molecular formula is C18H18N2O2. The van der Waals surface area contributed by atoms with Gasteiger partial charge in [-0.15, -0.1) is 0 Å². The van der Waals surface area contributed by atoms with Gasteiger partial charge in [-0.05, 0) is 54.7 Å². The third-order valence-corrected chi connectivity index (χ3v) is 3.97. The van der Waals surface area contributed by atoms with Gasteiger partial charge in [0.1, 0.15) is 5.75 Å². The molecule has 4 nitrogen and oxygen atoms in total. The fourth-order valence-electron chi connectivity index (χ4n) is 2.54. The number of benzene rings is 2. The topological polar surface area (TPSA) is 61.7 Å². The van der Waals surface area contributed by atoms with E-state index < -0.39 is 0 Å². The Labute approximate surface area is 129 Å². The summed E-state index contributed by atoms with van der Waals surface area (Å²) in [5.74, 6) is 0.500. The summed E-state index contributed by atoms with van der Waals surface area (Å²) in [6, 6.07) is 16.8. The molecule has 112 valence electrons. The van der Waals surface area contributed by atoms with E-state index >= 15 is 0 Å². The molecule has 22 heavy (non-hydrogen) atoms. The second-order valence-corrected chi connectivity index (χ2v) is 5.58. The zero-order valence-electron chi connectivity index (χ0n) is 12.4. The zero-order chi connectivity index (χ0) is 15.5. The first-order valence-electron chi connectivity index (χ1n) is 7.33. The maximum absolute atomic E-state index is 12.1. The number of amides is 1. The second kappa shape index (κ2) is 6.02. The average Bonchev–Trinajstić information content (AvgIpc) is 3.34. The van der Waals surface area contributed by atoms with Crippen LogP contribution in [0.4, 0.5) is 0 Å². The standard InChI is InChI=1S/C18H18N2O2/c1-12(13-7-9-15(21)10-8-13)19-20-18(22)17-11-16(17)14-5-3-2-4-6-14/h2-10,16-17,21H,11H2,1H3,(H,20,22)/b19-12+/t16-,17-/m0/s1. The average molecular weight is 294 g/mol. The van der Waals surface area contributed by atoms with Gasteiger partial charge in [0.25, 0.3) is 0 Å². The fourth-order valence-corrected chi connectivity index (χ4v) is 2.54. The summed E-state index contributed by atoms with van der Waals surface area (Å²) < 4.78 is 0. The number of phenolic OH excluding ortho intramolecular Hbond substituents is 1.